The van der Waals surface area contributed by atoms with Crippen molar-refractivity contribution >= 4 is 26.0 Å². The van der Waals surface area contributed by atoms with Crippen molar-refractivity contribution in [1.82, 2.24) is 5.32 Å². The number of thiazole rings is 1. The number of hydrogen-bond donors (Lipinski definition) is 2. The summed E-state index contributed by atoms with van der Waals surface area (Å²) in [5, 5.41) is 2.83. The molecule has 0 aliphatic rings. The smallest absolute Gasteiger partial charge is 0.407 e. The van der Waals surface area contributed by atoms with E-state index in [4.69, 9.17) is 18.5 Å². The molecule has 0 fully saturated rings. The van der Waals surface area contributed by atoms with Gasteiger partial charge < -0.3 is 24.2 Å². The zero-order valence-corrected chi connectivity index (χ0v) is 30.3. The summed E-state index contributed by atoms with van der Waals surface area (Å²) in [6.07, 6.45) is 17.2. The van der Waals surface area contributed by atoms with Crippen LogP contribution in [0.3, 0.4) is 0 Å². The Morgan fingerprint density at radius 1 is 0.933 bits per heavy atom. The normalized spacial score (nSPS) is 12.8. The van der Waals surface area contributed by atoms with Gasteiger partial charge in [-0.15, -0.1) is 0 Å². The molecule has 1 heterocycles. The highest BCUT2D eigenvalue weighted by Gasteiger charge is 2.19. The van der Waals surface area contributed by atoms with E-state index in [0.29, 0.717) is 12.3 Å². The Balaban J connectivity index is 1.56. The quantitative estimate of drug-likeness (QED) is 0.0591. The molecule has 2 N–H and O–H groups in total. The highest BCUT2D eigenvalue weighted by molar-refractivity contribution is 7.41. The summed E-state index contributed by atoms with van der Waals surface area (Å²) in [5.41, 5.74) is 4.41. The molecule has 1 amide bonds. The average molecular weight is 668 g/mol. The number of unbranched alkanes of at least 4 members (excludes halogenated alkanes) is 13. The number of carbonyl (C=O) groups excluding carboxylic acids is 1. The van der Waals surface area contributed by atoms with Crippen LogP contribution < -0.4 is 14.4 Å². The molecule has 2 unspecified atom stereocenters. The Labute approximate surface area is 278 Å². The minimum absolute atomic E-state index is 0.0258. The van der Waals surface area contributed by atoms with E-state index in [1.165, 1.54) is 87.6 Å². The van der Waals surface area contributed by atoms with Crippen LogP contribution in [0.2, 0.25) is 0 Å². The topological polar surface area (TPSA) is 90.1 Å². The van der Waals surface area contributed by atoms with Crippen LogP contribution in [0.1, 0.15) is 127 Å². The number of ether oxygens (including phenoxy) is 2. The molecule has 0 radical (unpaired) electrons. The lowest BCUT2D eigenvalue weighted by Crippen LogP contribution is -2.34. The van der Waals surface area contributed by atoms with Crippen LogP contribution in [-0.4, -0.2) is 43.0 Å². The van der Waals surface area contributed by atoms with Crippen LogP contribution >= 0.6 is 19.9 Å². The molecule has 2 aromatic rings. The maximum Gasteiger partial charge on any atom is 0.407 e. The number of nitrogens with zero attached hydrogens (tertiary/aromatic N) is 1. The fourth-order valence-electron chi connectivity index (χ4n) is 5.07. The van der Waals surface area contributed by atoms with E-state index in [-0.39, 0.29) is 19.3 Å². The third kappa shape index (κ3) is 18.8. The molecular formula is C35H60N2O6PS+. The first-order valence-electron chi connectivity index (χ1n) is 17.2. The highest BCUT2D eigenvalue weighted by Crippen LogP contribution is 2.35. The van der Waals surface area contributed by atoms with Crippen molar-refractivity contribution in [3.05, 3.63) is 45.9 Å². The SMILES string of the molecule is CCCCCCCCCCCCCCCCNC(=O)OCC(COP(O)Oc1cccc(C[n+]2csc(C)c2C)c1)OC(C)C. The summed E-state index contributed by atoms with van der Waals surface area (Å²) in [7, 11) is -2.18. The molecule has 0 bridgehead atoms. The summed E-state index contributed by atoms with van der Waals surface area (Å²) in [4.78, 5) is 24.0. The first-order valence-corrected chi connectivity index (χ1v) is 19.2. The molecular weight excluding hydrogens is 607 g/mol. The second kappa shape index (κ2) is 24.4. The van der Waals surface area contributed by atoms with Crippen molar-refractivity contribution in [2.24, 2.45) is 0 Å². The molecule has 0 saturated carbocycles. The Bertz CT molecular complexity index is 1050. The second-order valence-corrected chi connectivity index (χ2v) is 14.2. The van der Waals surface area contributed by atoms with Gasteiger partial charge in [-0.05, 0) is 39.3 Å². The molecule has 2 rings (SSSR count). The fourth-order valence-corrected chi connectivity index (χ4v) is 6.51. The van der Waals surface area contributed by atoms with E-state index in [1.807, 2.05) is 32.0 Å². The predicted molar refractivity (Wildman–Crippen MR) is 185 cm³/mol. The van der Waals surface area contributed by atoms with E-state index in [2.05, 4.69) is 36.2 Å². The van der Waals surface area contributed by atoms with Gasteiger partial charge in [-0.1, -0.05) is 114 Å². The number of benzene rings is 1. The summed E-state index contributed by atoms with van der Waals surface area (Å²) in [6, 6.07) is 7.63. The summed E-state index contributed by atoms with van der Waals surface area (Å²) in [6.45, 7) is 11.7. The van der Waals surface area contributed by atoms with Gasteiger partial charge in [-0.2, -0.15) is 4.57 Å². The van der Waals surface area contributed by atoms with Crippen LogP contribution in [0, 0.1) is 13.8 Å². The molecule has 10 heteroatoms. The molecule has 1 aromatic heterocycles. The number of aryl methyl sites for hydroxylation is 1. The molecule has 0 aliphatic carbocycles. The van der Waals surface area contributed by atoms with Gasteiger partial charge in [0.05, 0.1) is 17.6 Å². The lowest BCUT2D eigenvalue weighted by Gasteiger charge is -2.21. The Kier molecular flexibility index (Phi) is 21.4. The van der Waals surface area contributed by atoms with Crippen molar-refractivity contribution in [3.8, 4) is 5.75 Å². The minimum Gasteiger partial charge on any atom is -0.447 e. The van der Waals surface area contributed by atoms with Crippen LogP contribution in [0.5, 0.6) is 5.75 Å². The summed E-state index contributed by atoms with van der Waals surface area (Å²) >= 11 is 1.72. The van der Waals surface area contributed by atoms with Crippen molar-refractivity contribution in [3.63, 3.8) is 0 Å². The van der Waals surface area contributed by atoms with Crippen molar-refractivity contribution in [1.29, 1.82) is 0 Å². The molecule has 0 aliphatic heterocycles. The van der Waals surface area contributed by atoms with Gasteiger partial charge in [0.1, 0.15) is 18.5 Å². The van der Waals surface area contributed by atoms with Gasteiger partial charge in [0.15, 0.2) is 12.2 Å². The van der Waals surface area contributed by atoms with Gasteiger partial charge >= 0.3 is 14.7 Å². The first kappa shape index (κ1) is 39.4. The predicted octanol–water partition coefficient (Wildman–Crippen LogP) is 9.32. The van der Waals surface area contributed by atoms with Gasteiger partial charge in [-0.25, -0.2) is 4.79 Å². The van der Waals surface area contributed by atoms with E-state index < -0.39 is 20.8 Å². The van der Waals surface area contributed by atoms with Gasteiger partial charge in [0.2, 0.25) is 5.51 Å². The maximum atomic E-state index is 12.2. The van der Waals surface area contributed by atoms with Crippen molar-refractivity contribution in [2.75, 3.05) is 19.8 Å². The van der Waals surface area contributed by atoms with Crippen LogP contribution in [-0.2, 0) is 20.5 Å². The number of carbonyl (C=O) groups is 1. The Morgan fingerprint density at radius 3 is 2.13 bits per heavy atom. The lowest BCUT2D eigenvalue weighted by atomic mass is 10.0. The maximum absolute atomic E-state index is 12.2. The van der Waals surface area contributed by atoms with Crippen LogP contribution in [0.4, 0.5) is 4.79 Å². The third-order valence-corrected chi connectivity index (χ3v) is 9.51. The molecule has 8 nitrogen and oxygen atoms in total. The van der Waals surface area contributed by atoms with E-state index in [0.717, 1.165) is 24.9 Å². The molecule has 2 atom stereocenters. The number of hydrogen-bond acceptors (Lipinski definition) is 7. The molecule has 1 aromatic carbocycles. The largest absolute Gasteiger partial charge is 0.447 e. The van der Waals surface area contributed by atoms with Gasteiger partial charge in [0, 0.05) is 19.0 Å². The average Bonchev–Trinajstić information content (AvgIpc) is 3.32. The van der Waals surface area contributed by atoms with Gasteiger partial charge in [0.25, 0.3) is 0 Å². The molecule has 256 valence electrons. The van der Waals surface area contributed by atoms with Gasteiger partial charge in [-0.3, -0.25) is 4.52 Å². The van der Waals surface area contributed by atoms with Crippen LogP contribution in [0.15, 0.2) is 29.8 Å². The van der Waals surface area contributed by atoms with E-state index in [1.54, 1.807) is 17.4 Å². The zero-order chi connectivity index (χ0) is 32.7. The zero-order valence-electron chi connectivity index (χ0n) is 28.6. The number of nitrogens with one attached hydrogen (secondary N) is 1. The molecule has 0 saturated heterocycles. The summed E-state index contributed by atoms with van der Waals surface area (Å²) in [5.74, 6) is 0.534. The van der Waals surface area contributed by atoms with Crippen LogP contribution in [0.25, 0.3) is 0 Å². The number of aromatic nitrogens is 1. The van der Waals surface area contributed by atoms with E-state index >= 15 is 0 Å². The fraction of sp³-hybridized carbons (Fsp3) is 0.714. The van der Waals surface area contributed by atoms with Crippen molar-refractivity contribution < 1.29 is 32.8 Å². The standard InChI is InChI=1S/C35H59N2O6PS/c1-6-7-8-9-10-11-12-13-14-15-16-17-18-19-23-36-35(38)40-26-34(42-29(2)3)27-41-44(39)43-33-22-20-21-32(24-33)25-37-28-45-31(5)30(37)4/h20-22,24,28-29,34,39H,6-19,23,25-27H2,1-5H3/p+1. The Hall–Kier alpha value is -1.77. The lowest BCUT2D eigenvalue weighted by molar-refractivity contribution is -0.689. The number of alkyl carbamates (subject to hydrolysis) is 1. The number of rotatable bonds is 26. The first-order chi connectivity index (χ1) is 21.8. The number of amides is 1. The monoisotopic (exact) mass is 667 g/mol. The second-order valence-electron chi connectivity index (χ2n) is 12.2. The minimum atomic E-state index is -2.18. The highest BCUT2D eigenvalue weighted by atomic mass is 32.1. The summed E-state index contributed by atoms with van der Waals surface area (Å²) < 4.78 is 24.7. The molecule has 0 spiro atoms. The third-order valence-electron chi connectivity index (χ3n) is 7.77. The Morgan fingerprint density at radius 2 is 1.56 bits per heavy atom. The van der Waals surface area contributed by atoms with E-state index in [9.17, 15) is 9.69 Å². The molecule has 45 heavy (non-hydrogen) atoms. The van der Waals surface area contributed by atoms with Crippen molar-refractivity contribution in [2.45, 2.75) is 143 Å².